The summed E-state index contributed by atoms with van der Waals surface area (Å²) in [6, 6.07) is 0. The van der Waals surface area contributed by atoms with Gasteiger partial charge in [-0.05, 0) is 37.6 Å². The van der Waals surface area contributed by atoms with Crippen LogP contribution < -0.4 is 5.73 Å². The van der Waals surface area contributed by atoms with Crippen LogP contribution in [0.5, 0.6) is 0 Å². The van der Waals surface area contributed by atoms with Gasteiger partial charge in [0.2, 0.25) is 5.91 Å². The number of ether oxygens (including phenoxy) is 1. The number of rotatable bonds is 5. The monoisotopic (exact) mass is 304 g/mol. The third kappa shape index (κ3) is 4.61. The zero-order chi connectivity index (χ0) is 13.7. The minimum absolute atomic E-state index is 0. The molecule has 2 fully saturated rings. The maximum Gasteiger partial charge on any atom is 0.223 e. The van der Waals surface area contributed by atoms with E-state index in [-0.39, 0.29) is 29.8 Å². The minimum atomic E-state index is 0. The van der Waals surface area contributed by atoms with Crippen LogP contribution in [0.15, 0.2) is 0 Å². The Hall–Kier alpha value is -0.320. The summed E-state index contributed by atoms with van der Waals surface area (Å²) in [5, 5.41) is 0. The molecule has 1 heterocycles. The molecule has 118 valence electrons. The number of nitrogens with zero attached hydrogens (tertiary/aromatic N) is 1. The lowest BCUT2D eigenvalue weighted by Gasteiger charge is -2.37. The molecule has 1 atom stereocenters. The summed E-state index contributed by atoms with van der Waals surface area (Å²) in [4.78, 5) is 14.2. The van der Waals surface area contributed by atoms with E-state index >= 15 is 0 Å². The van der Waals surface area contributed by atoms with Gasteiger partial charge in [-0.1, -0.05) is 19.3 Å². The molecule has 2 rings (SSSR count). The maximum absolute atomic E-state index is 12.4. The van der Waals surface area contributed by atoms with E-state index in [9.17, 15) is 4.79 Å². The molecule has 0 aromatic heterocycles. The number of hydrogen-bond donors (Lipinski definition) is 1. The fraction of sp³-hybridized carbons (Fsp3) is 0.933. The van der Waals surface area contributed by atoms with E-state index in [2.05, 4.69) is 0 Å². The van der Waals surface area contributed by atoms with E-state index in [4.69, 9.17) is 10.5 Å². The summed E-state index contributed by atoms with van der Waals surface area (Å²) in [6.45, 7) is 2.23. The Morgan fingerprint density at radius 2 is 2.00 bits per heavy atom. The molecule has 0 aromatic rings. The second-order valence-electron chi connectivity index (χ2n) is 6.35. The first-order valence-electron chi connectivity index (χ1n) is 7.71. The fourth-order valence-electron chi connectivity index (χ4n) is 3.41. The van der Waals surface area contributed by atoms with Gasteiger partial charge in [0.25, 0.3) is 0 Å². The zero-order valence-corrected chi connectivity index (χ0v) is 13.4. The lowest BCUT2D eigenvalue weighted by molar-refractivity contribution is -0.134. The summed E-state index contributed by atoms with van der Waals surface area (Å²) in [6.07, 6.45) is 9.04. The van der Waals surface area contributed by atoms with Crippen molar-refractivity contribution in [2.24, 2.45) is 11.1 Å². The predicted octanol–water partition coefficient (Wildman–Crippen LogP) is 2.34. The van der Waals surface area contributed by atoms with Crippen LogP contribution in [0.3, 0.4) is 0 Å². The molecule has 1 aliphatic carbocycles. The third-order valence-electron chi connectivity index (χ3n) is 4.80. The molecule has 20 heavy (non-hydrogen) atoms. The van der Waals surface area contributed by atoms with Gasteiger partial charge in [-0.25, -0.2) is 0 Å². The summed E-state index contributed by atoms with van der Waals surface area (Å²) in [5.74, 6) is 0.239. The quantitative estimate of drug-likeness (QED) is 0.848. The van der Waals surface area contributed by atoms with Gasteiger partial charge in [0.05, 0.1) is 6.10 Å². The van der Waals surface area contributed by atoms with Crippen molar-refractivity contribution in [1.29, 1.82) is 0 Å². The number of likely N-dealkylation sites (N-methyl/N-ethyl adjacent to an activating group) is 1. The second-order valence-corrected chi connectivity index (χ2v) is 6.35. The Labute approximate surface area is 128 Å². The molecule has 5 heteroatoms. The van der Waals surface area contributed by atoms with Crippen molar-refractivity contribution in [2.75, 3.05) is 26.7 Å². The molecule has 0 spiro atoms. The lowest BCUT2D eigenvalue weighted by atomic mass is 9.71. The fourth-order valence-corrected chi connectivity index (χ4v) is 3.41. The summed E-state index contributed by atoms with van der Waals surface area (Å²) < 4.78 is 5.60. The molecule has 2 N–H and O–H groups in total. The molecule has 0 aromatic carbocycles. The molecule has 2 aliphatic rings. The van der Waals surface area contributed by atoms with E-state index in [0.29, 0.717) is 13.0 Å². The van der Waals surface area contributed by atoms with Crippen LogP contribution in [-0.2, 0) is 9.53 Å². The van der Waals surface area contributed by atoms with Crippen molar-refractivity contribution < 1.29 is 9.53 Å². The maximum atomic E-state index is 12.4. The standard InChI is InChI=1S/C15H28N2O2.ClH/c1-17(11-13-6-5-9-19-13)14(18)10-15(12-16)7-3-2-4-8-15;/h13H,2-12,16H2,1H3;1H. The van der Waals surface area contributed by atoms with Gasteiger partial charge in [-0.15, -0.1) is 12.4 Å². The number of carbonyl (C=O) groups excluding carboxylic acids is 1. The summed E-state index contributed by atoms with van der Waals surface area (Å²) in [7, 11) is 1.90. The van der Waals surface area contributed by atoms with Crippen molar-refractivity contribution in [3.8, 4) is 0 Å². The Bertz CT molecular complexity index is 300. The van der Waals surface area contributed by atoms with E-state index in [0.717, 1.165) is 38.8 Å². The molecular weight excluding hydrogens is 276 g/mol. The molecule has 1 amide bonds. The van der Waals surface area contributed by atoms with E-state index in [1.807, 2.05) is 11.9 Å². The first kappa shape index (κ1) is 17.7. The second kappa shape index (κ2) is 8.20. The van der Waals surface area contributed by atoms with Crippen LogP contribution in [0.4, 0.5) is 0 Å². The Morgan fingerprint density at radius 1 is 1.30 bits per heavy atom. The average Bonchev–Trinajstić information content (AvgIpc) is 2.92. The van der Waals surface area contributed by atoms with Crippen molar-refractivity contribution >= 4 is 18.3 Å². The average molecular weight is 305 g/mol. The van der Waals surface area contributed by atoms with Crippen LogP contribution in [0.25, 0.3) is 0 Å². The normalized spacial score (nSPS) is 25.0. The Kier molecular flexibility index (Phi) is 7.27. The van der Waals surface area contributed by atoms with Crippen LogP contribution in [0, 0.1) is 5.41 Å². The van der Waals surface area contributed by atoms with Gasteiger partial charge in [-0.3, -0.25) is 4.79 Å². The van der Waals surface area contributed by atoms with Gasteiger partial charge in [0.1, 0.15) is 0 Å². The lowest BCUT2D eigenvalue weighted by Crippen LogP contribution is -2.41. The molecule has 1 saturated carbocycles. The highest BCUT2D eigenvalue weighted by molar-refractivity contribution is 5.85. The smallest absolute Gasteiger partial charge is 0.223 e. The van der Waals surface area contributed by atoms with Crippen molar-refractivity contribution in [1.82, 2.24) is 4.90 Å². The van der Waals surface area contributed by atoms with Gasteiger partial charge >= 0.3 is 0 Å². The third-order valence-corrected chi connectivity index (χ3v) is 4.80. The van der Waals surface area contributed by atoms with E-state index in [1.54, 1.807) is 0 Å². The zero-order valence-electron chi connectivity index (χ0n) is 12.6. The molecule has 1 unspecified atom stereocenters. The molecule has 0 radical (unpaired) electrons. The van der Waals surface area contributed by atoms with Crippen LogP contribution in [0.2, 0.25) is 0 Å². The molecule has 1 aliphatic heterocycles. The molecule has 4 nitrogen and oxygen atoms in total. The molecule has 0 bridgehead atoms. The van der Waals surface area contributed by atoms with Crippen LogP contribution >= 0.6 is 12.4 Å². The summed E-state index contributed by atoms with van der Waals surface area (Å²) >= 11 is 0. The topological polar surface area (TPSA) is 55.6 Å². The van der Waals surface area contributed by atoms with Crippen molar-refractivity contribution in [3.05, 3.63) is 0 Å². The van der Waals surface area contributed by atoms with Gasteiger partial charge in [0.15, 0.2) is 0 Å². The SMILES string of the molecule is CN(CC1CCCO1)C(=O)CC1(CN)CCCCC1.Cl. The highest BCUT2D eigenvalue weighted by Crippen LogP contribution is 2.38. The van der Waals surface area contributed by atoms with Gasteiger partial charge < -0.3 is 15.4 Å². The predicted molar refractivity (Wildman–Crippen MR) is 83.0 cm³/mol. The van der Waals surface area contributed by atoms with Crippen LogP contribution in [-0.4, -0.2) is 43.7 Å². The highest BCUT2D eigenvalue weighted by Gasteiger charge is 2.34. The number of amides is 1. The Balaban J connectivity index is 0.00000200. The number of carbonyl (C=O) groups is 1. The van der Waals surface area contributed by atoms with Gasteiger partial charge in [0, 0.05) is 26.6 Å². The van der Waals surface area contributed by atoms with Gasteiger partial charge in [-0.2, -0.15) is 0 Å². The number of hydrogen-bond acceptors (Lipinski definition) is 3. The molecular formula is C15H29ClN2O2. The first-order chi connectivity index (χ1) is 9.15. The van der Waals surface area contributed by atoms with E-state index < -0.39 is 0 Å². The first-order valence-corrected chi connectivity index (χ1v) is 7.71. The Morgan fingerprint density at radius 3 is 2.55 bits per heavy atom. The highest BCUT2D eigenvalue weighted by atomic mass is 35.5. The van der Waals surface area contributed by atoms with Crippen molar-refractivity contribution in [2.45, 2.75) is 57.5 Å². The summed E-state index contributed by atoms with van der Waals surface area (Å²) in [5.41, 5.74) is 6.02. The largest absolute Gasteiger partial charge is 0.376 e. The van der Waals surface area contributed by atoms with Crippen LogP contribution in [0.1, 0.15) is 51.4 Å². The molecule has 1 saturated heterocycles. The van der Waals surface area contributed by atoms with E-state index in [1.165, 1.54) is 19.3 Å². The minimum Gasteiger partial charge on any atom is -0.376 e. The number of halogens is 1. The number of nitrogens with two attached hydrogens (primary N) is 1. The van der Waals surface area contributed by atoms with Crippen molar-refractivity contribution in [3.63, 3.8) is 0 Å².